The molecular weight excluding hydrogens is 244 g/mol. The minimum absolute atomic E-state index is 0.145. The minimum atomic E-state index is 0.145. The summed E-state index contributed by atoms with van der Waals surface area (Å²) >= 11 is 0. The molecule has 7 nitrogen and oxygen atoms in total. The van der Waals surface area contributed by atoms with Gasteiger partial charge < -0.3 is 20.5 Å². The number of rotatable bonds is 4. The van der Waals surface area contributed by atoms with Crippen LogP contribution in [0.5, 0.6) is 0 Å². The van der Waals surface area contributed by atoms with Gasteiger partial charge in [0.15, 0.2) is 11.5 Å². The van der Waals surface area contributed by atoms with Gasteiger partial charge >= 0.3 is 0 Å². The van der Waals surface area contributed by atoms with Gasteiger partial charge in [0.1, 0.15) is 11.3 Å². The Hall–Kier alpha value is -2.57. The van der Waals surface area contributed by atoms with Crippen LogP contribution in [-0.2, 0) is 6.42 Å². The zero-order valence-electron chi connectivity index (χ0n) is 10.4. The van der Waals surface area contributed by atoms with E-state index >= 15 is 0 Å². The zero-order chi connectivity index (χ0) is 13.2. The Morgan fingerprint density at radius 2 is 2.37 bits per heavy atom. The Labute approximate surface area is 109 Å². The molecule has 1 atom stereocenters. The van der Waals surface area contributed by atoms with Crippen molar-refractivity contribution in [3.63, 3.8) is 0 Å². The van der Waals surface area contributed by atoms with E-state index in [0.717, 1.165) is 17.7 Å². The number of nitrogens with one attached hydrogen (secondary N) is 2. The maximum absolute atomic E-state index is 5.66. The van der Waals surface area contributed by atoms with Gasteiger partial charge in [-0.3, -0.25) is 0 Å². The van der Waals surface area contributed by atoms with Crippen LogP contribution in [0.1, 0.15) is 12.7 Å². The van der Waals surface area contributed by atoms with Crippen LogP contribution in [0.4, 0.5) is 11.8 Å². The van der Waals surface area contributed by atoms with Crippen LogP contribution in [0.15, 0.2) is 29.1 Å². The number of fused-ring (bicyclic) bond motifs is 1. The van der Waals surface area contributed by atoms with Crippen molar-refractivity contribution >= 4 is 22.9 Å². The average Bonchev–Trinajstić information content (AvgIpc) is 2.99. The molecule has 0 aliphatic carbocycles. The normalized spacial score (nSPS) is 12.7. The molecule has 4 N–H and O–H groups in total. The van der Waals surface area contributed by atoms with Gasteiger partial charge in [0.25, 0.3) is 0 Å². The molecule has 3 aromatic rings. The van der Waals surface area contributed by atoms with Crippen molar-refractivity contribution in [2.24, 2.45) is 0 Å². The van der Waals surface area contributed by atoms with E-state index in [9.17, 15) is 0 Å². The molecule has 1 unspecified atom stereocenters. The molecule has 3 aromatic heterocycles. The summed E-state index contributed by atoms with van der Waals surface area (Å²) in [6, 6.07) is 3.96. The lowest BCUT2D eigenvalue weighted by atomic mass is 10.2. The highest BCUT2D eigenvalue weighted by Crippen LogP contribution is 2.19. The number of aromatic nitrogens is 4. The van der Waals surface area contributed by atoms with Gasteiger partial charge in [0.2, 0.25) is 5.95 Å². The third-order valence-corrected chi connectivity index (χ3v) is 2.77. The number of furan rings is 1. The zero-order valence-corrected chi connectivity index (χ0v) is 10.4. The highest BCUT2D eigenvalue weighted by Gasteiger charge is 2.12. The first-order valence-corrected chi connectivity index (χ1v) is 5.98. The highest BCUT2D eigenvalue weighted by atomic mass is 16.3. The number of imidazole rings is 1. The molecule has 0 aliphatic rings. The van der Waals surface area contributed by atoms with Crippen LogP contribution in [-0.4, -0.2) is 26.0 Å². The van der Waals surface area contributed by atoms with Crippen molar-refractivity contribution in [1.82, 2.24) is 19.9 Å². The summed E-state index contributed by atoms with van der Waals surface area (Å²) in [4.78, 5) is 15.3. The predicted molar refractivity (Wildman–Crippen MR) is 71.6 cm³/mol. The van der Waals surface area contributed by atoms with E-state index in [1.165, 1.54) is 0 Å². The summed E-state index contributed by atoms with van der Waals surface area (Å²) in [6.07, 6.45) is 3.99. The van der Waals surface area contributed by atoms with E-state index in [1.54, 1.807) is 12.6 Å². The van der Waals surface area contributed by atoms with Crippen LogP contribution >= 0.6 is 0 Å². The number of hydrogen-bond acceptors (Lipinski definition) is 6. The van der Waals surface area contributed by atoms with E-state index in [0.29, 0.717) is 11.5 Å². The number of nitrogen functional groups attached to an aromatic ring is 1. The molecule has 0 spiro atoms. The average molecular weight is 258 g/mol. The number of H-pyrrole nitrogens is 1. The van der Waals surface area contributed by atoms with Crippen molar-refractivity contribution in [3.05, 3.63) is 30.5 Å². The molecule has 0 saturated carbocycles. The summed E-state index contributed by atoms with van der Waals surface area (Å²) in [7, 11) is 0. The Balaban J connectivity index is 1.82. The maximum atomic E-state index is 5.66. The first kappa shape index (κ1) is 11.5. The number of nitrogens with two attached hydrogens (primary N) is 1. The van der Waals surface area contributed by atoms with E-state index in [1.807, 2.05) is 19.1 Å². The van der Waals surface area contributed by atoms with E-state index in [-0.39, 0.29) is 12.0 Å². The molecule has 98 valence electrons. The summed E-state index contributed by atoms with van der Waals surface area (Å²) in [5.74, 6) is 1.77. The third-order valence-electron chi connectivity index (χ3n) is 2.77. The van der Waals surface area contributed by atoms with Gasteiger partial charge in [-0.25, -0.2) is 4.98 Å². The van der Waals surface area contributed by atoms with Gasteiger partial charge in [-0.2, -0.15) is 9.97 Å². The minimum Gasteiger partial charge on any atom is -0.469 e. The smallest absolute Gasteiger partial charge is 0.224 e. The lowest BCUT2D eigenvalue weighted by molar-refractivity contribution is 0.497. The first-order chi connectivity index (χ1) is 9.22. The molecule has 0 aliphatic heterocycles. The Morgan fingerprint density at radius 3 is 3.16 bits per heavy atom. The second-order valence-corrected chi connectivity index (χ2v) is 4.36. The van der Waals surface area contributed by atoms with Crippen LogP contribution in [0, 0.1) is 0 Å². The van der Waals surface area contributed by atoms with E-state index < -0.39 is 0 Å². The van der Waals surface area contributed by atoms with Gasteiger partial charge in [-0.05, 0) is 19.1 Å². The monoisotopic (exact) mass is 258 g/mol. The second-order valence-electron chi connectivity index (χ2n) is 4.36. The molecule has 0 aromatic carbocycles. The van der Waals surface area contributed by atoms with Gasteiger partial charge in [0.05, 0.1) is 12.6 Å². The van der Waals surface area contributed by atoms with Gasteiger partial charge in [-0.15, -0.1) is 0 Å². The summed E-state index contributed by atoms with van der Waals surface area (Å²) in [6.45, 7) is 2.04. The van der Waals surface area contributed by atoms with E-state index in [2.05, 4.69) is 25.3 Å². The quantitative estimate of drug-likeness (QED) is 0.656. The third kappa shape index (κ3) is 2.35. The Morgan fingerprint density at radius 1 is 1.47 bits per heavy atom. The highest BCUT2D eigenvalue weighted by molar-refractivity contribution is 5.83. The molecule has 0 fully saturated rings. The summed E-state index contributed by atoms with van der Waals surface area (Å²) in [5.41, 5.74) is 6.97. The molecule has 19 heavy (non-hydrogen) atoms. The van der Waals surface area contributed by atoms with E-state index in [4.69, 9.17) is 10.2 Å². The van der Waals surface area contributed by atoms with Gasteiger partial charge in [0, 0.05) is 12.5 Å². The van der Waals surface area contributed by atoms with Crippen molar-refractivity contribution < 1.29 is 4.42 Å². The van der Waals surface area contributed by atoms with Crippen LogP contribution in [0.25, 0.3) is 11.2 Å². The molecular formula is C12H14N6O. The molecule has 0 saturated heterocycles. The fourth-order valence-electron chi connectivity index (χ4n) is 1.97. The van der Waals surface area contributed by atoms with Gasteiger partial charge in [-0.1, -0.05) is 0 Å². The van der Waals surface area contributed by atoms with Crippen molar-refractivity contribution in [2.75, 3.05) is 11.1 Å². The maximum Gasteiger partial charge on any atom is 0.224 e. The number of nitrogens with zero attached hydrogens (tertiary/aromatic N) is 3. The van der Waals surface area contributed by atoms with Crippen LogP contribution < -0.4 is 11.1 Å². The SMILES string of the molecule is CC(Cc1ccco1)Nc1nc(N)nc2nc[nH]c12. The molecule has 0 bridgehead atoms. The van der Waals surface area contributed by atoms with Crippen molar-refractivity contribution in [1.29, 1.82) is 0 Å². The molecule has 0 amide bonds. The second kappa shape index (κ2) is 4.60. The Kier molecular flexibility index (Phi) is 2.79. The topological polar surface area (TPSA) is 106 Å². The standard InChI is InChI=1S/C12H14N6O/c1-7(5-8-3-2-4-19-8)16-11-9-10(15-6-14-9)17-12(13)18-11/h2-4,6-7H,5H2,1H3,(H4,13,14,15,16,17,18). The number of hydrogen-bond donors (Lipinski definition) is 3. The predicted octanol–water partition coefficient (Wildman–Crippen LogP) is 1.57. The van der Waals surface area contributed by atoms with Crippen molar-refractivity contribution in [3.8, 4) is 0 Å². The molecule has 0 radical (unpaired) electrons. The summed E-state index contributed by atoms with van der Waals surface area (Å²) < 4.78 is 5.32. The Bertz CT molecular complexity index is 675. The lowest BCUT2D eigenvalue weighted by Gasteiger charge is -2.13. The molecule has 7 heteroatoms. The van der Waals surface area contributed by atoms with Crippen LogP contribution in [0.2, 0.25) is 0 Å². The fraction of sp³-hybridized carbons (Fsp3) is 0.250. The largest absolute Gasteiger partial charge is 0.469 e. The lowest BCUT2D eigenvalue weighted by Crippen LogP contribution is -2.19. The number of aromatic amines is 1. The number of anilines is 2. The first-order valence-electron chi connectivity index (χ1n) is 5.98. The summed E-state index contributed by atoms with van der Waals surface area (Å²) in [5, 5.41) is 3.29. The van der Waals surface area contributed by atoms with Crippen molar-refractivity contribution in [2.45, 2.75) is 19.4 Å². The fourth-order valence-corrected chi connectivity index (χ4v) is 1.97. The van der Waals surface area contributed by atoms with Crippen LogP contribution in [0.3, 0.4) is 0 Å². The molecule has 3 heterocycles. The molecule has 3 rings (SSSR count).